The zero-order valence-corrected chi connectivity index (χ0v) is 11.0. The maximum absolute atomic E-state index is 12.1. The highest BCUT2D eigenvalue weighted by molar-refractivity contribution is 6.41. The van der Waals surface area contributed by atoms with Gasteiger partial charge in [-0.1, -0.05) is 23.2 Å². The maximum atomic E-state index is 12.1. The van der Waals surface area contributed by atoms with Gasteiger partial charge in [-0.25, -0.2) is 4.98 Å². The molecule has 0 aliphatic carbocycles. The molecule has 1 aliphatic rings. The van der Waals surface area contributed by atoms with E-state index in [1.54, 1.807) is 11.0 Å². The van der Waals surface area contributed by atoms with Gasteiger partial charge in [0.1, 0.15) is 5.15 Å². The number of hydrogen-bond acceptors (Lipinski definition) is 3. The average molecular weight is 274 g/mol. The van der Waals surface area contributed by atoms with E-state index in [0.29, 0.717) is 10.6 Å². The van der Waals surface area contributed by atoms with E-state index in [-0.39, 0.29) is 11.1 Å². The molecule has 6 heteroatoms. The molecule has 1 aromatic rings. The molecule has 1 aromatic heterocycles. The Bertz CT molecular complexity index is 431. The normalized spacial score (nSPS) is 17.2. The van der Waals surface area contributed by atoms with Crippen molar-refractivity contribution < 1.29 is 4.79 Å². The van der Waals surface area contributed by atoms with Crippen molar-refractivity contribution >= 4 is 29.1 Å². The topological polar surface area (TPSA) is 36.4 Å². The highest BCUT2D eigenvalue weighted by atomic mass is 35.5. The Hall–Kier alpha value is -0.840. The standard InChI is InChI=1S/C11H13Cl2N3O/c1-15-2-4-16(5-3-15)11(17)8-6-9(12)10(13)14-7-8/h6-7H,2-5H2,1H3. The Morgan fingerprint density at radius 3 is 2.53 bits per heavy atom. The first-order chi connectivity index (χ1) is 8.08. The van der Waals surface area contributed by atoms with Crippen molar-refractivity contribution in [3.8, 4) is 0 Å². The molecule has 0 N–H and O–H groups in total. The van der Waals surface area contributed by atoms with Gasteiger partial charge in [0.05, 0.1) is 10.6 Å². The highest BCUT2D eigenvalue weighted by Crippen LogP contribution is 2.20. The molecule has 1 saturated heterocycles. The molecule has 1 amide bonds. The van der Waals surface area contributed by atoms with Crippen LogP contribution in [0.5, 0.6) is 0 Å². The van der Waals surface area contributed by atoms with Crippen molar-refractivity contribution in [1.29, 1.82) is 0 Å². The van der Waals surface area contributed by atoms with Gasteiger partial charge in [0.25, 0.3) is 5.91 Å². The van der Waals surface area contributed by atoms with Gasteiger partial charge in [-0.05, 0) is 13.1 Å². The second-order valence-electron chi connectivity index (χ2n) is 4.09. The number of carbonyl (C=O) groups excluding carboxylic acids is 1. The van der Waals surface area contributed by atoms with E-state index in [0.717, 1.165) is 26.2 Å². The van der Waals surface area contributed by atoms with E-state index in [2.05, 4.69) is 9.88 Å². The number of piperazine rings is 1. The molecule has 2 rings (SSSR count). The van der Waals surface area contributed by atoms with Gasteiger partial charge < -0.3 is 9.80 Å². The first kappa shape index (κ1) is 12.6. The molecule has 0 atom stereocenters. The van der Waals surface area contributed by atoms with Crippen molar-refractivity contribution in [2.75, 3.05) is 33.2 Å². The first-order valence-electron chi connectivity index (χ1n) is 5.37. The minimum Gasteiger partial charge on any atom is -0.336 e. The lowest BCUT2D eigenvalue weighted by molar-refractivity contribution is 0.0663. The molecule has 17 heavy (non-hydrogen) atoms. The summed E-state index contributed by atoms with van der Waals surface area (Å²) in [6.45, 7) is 3.24. The predicted octanol–water partition coefficient (Wildman–Crippen LogP) is 1.78. The van der Waals surface area contributed by atoms with E-state index in [1.807, 2.05) is 7.05 Å². The zero-order valence-electron chi connectivity index (χ0n) is 9.49. The van der Waals surface area contributed by atoms with E-state index >= 15 is 0 Å². The molecule has 0 unspecified atom stereocenters. The molecular weight excluding hydrogens is 261 g/mol. The summed E-state index contributed by atoms with van der Waals surface area (Å²) in [7, 11) is 2.04. The van der Waals surface area contributed by atoms with E-state index in [1.165, 1.54) is 6.20 Å². The number of likely N-dealkylation sites (N-methyl/N-ethyl adjacent to an activating group) is 1. The third-order valence-corrected chi connectivity index (χ3v) is 3.52. The number of halogens is 2. The van der Waals surface area contributed by atoms with Gasteiger partial charge in [-0.3, -0.25) is 4.79 Å². The Balaban J connectivity index is 2.11. The summed E-state index contributed by atoms with van der Waals surface area (Å²) < 4.78 is 0. The Labute approximate surface area is 110 Å². The fraction of sp³-hybridized carbons (Fsp3) is 0.455. The summed E-state index contributed by atoms with van der Waals surface area (Å²) in [5.41, 5.74) is 0.490. The maximum Gasteiger partial charge on any atom is 0.255 e. The quantitative estimate of drug-likeness (QED) is 0.732. The fourth-order valence-electron chi connectivity index (χ4n) is 1.73. The summed E-state index contributed by atoms with van der Waals surface area (Å²) in [6.07, 6.45) is 1.47. The molecule has 1 aliphatic heterocycles. The van der Waals surface area contributed by atoms with Crippen LogP contribution in [0, 0.1) is 0 Å². The molecule has 92 valence electrons. The van der Waals surface area contributed by atoms with Crippen molar-refractivity contribution in [1.82, 2.24) is 14.8 Å². The largest absolute Gasteiger partial charge is 0.336 e. The zero-order chi connectivity index (χ0) is 12.4. The number of amides is 1. The Morgan fingerprint density at radius 1 is 1.29 bits per heavy atom. The number of carbonyl (C=O) groups is 1. The molecule has 1 fully saturated rings. The molecular formula is C11H13Cl2N3O. The number of pyridine rings is 1. The molecule has 2 heterocycles. The molecule has 4 nitrogen and oxygen atoms in total. The summed E-state index contributed by atoms with van der Waals surface area (Å²) in [4.78, 5) is 20.0. The minimum absolute atomic E-state index is 0.0378. The smallest absolute Gasteiger partial charge is 0.255 e. The second-order valence-corrected chi connectivity index (χ2v) is 4.86. The van der Waals surface area contributed by atoms with Crippen LogP contribution in [0.15, 0.2) is 12.3 Å². The lowest BCUT2D eigenvalue weighted by atomic mass is 10.2. The summed E-state index contributed by atoms with van der Waals surface area (Å²) >= 11 is 11.6. The lowest BCUT2D eigenvalue weighted by Gasteiger charge is -2.32. The number of rotatable bonds is 1. The van der Waals surface area contributed by atoms with Crippen LogP contribution in [0.3, 0.4) is 0 Å². The average Bonchev–Trinajstić information content (AvgIpc) is 2.33. The van der Waals surface area contributed by atoms with Gasteiger partial charge in [-0.2, -0.15) is 0 Å². The number of nitrogens with zero attached hydrogens (tertiary/aromatic N) is 3. The monoisotopic (exact) mass is 273 g/mol. The third-order valence-electron chi connectivity index (χ3n) is 2.83. The Kier molecular flexibility index (Phi) is 3.86. The van der Waals surface area contributed by atoms with Gasteiger partial charge in [-0.15, -0.1) is 0 Å². The summed E-state index contributed by atoms with van der Waals surface area (Å²) in [5, 5.41) is 0.535. The van der Waals surface area contributed by atoms with Crippen LogP contribution >= 0.6 is 23.2 Å². The van der Waals surface area contributed by atoms with Crippen LogP contribution in [0.1, 0.15) is 10.4 Å². The summed E-state index contributed by atoms with van der Waals surface area (Å²) in [6, 6.07) is 1.57. The minimum atomic E-state index is -0.0378. The van der Waals surface area contributed by atoms with Gasteiger partial charge in [0.2, 0.25) is 0 Å². The third kappa shape index (κ3) is 2.89. The highest BCUT2D eigenvalue weighted by Gasteiger charge is 2.21. The molecule has 0 spiro atoms. The van der Waals surface area contributed by atoms with Crippen molar-refractivity contribution in [3.05, 3.63) is 28.0 Å². The van der Waals surface area contributed by atoms with Crippen molar-refractivity contribution in [2.24, 2.45) is 0 Å². The molecule has 0 saturated carbocycles. The SMILES string of the molecule is CN1CCN(C(=O)c2cnc(Cl)c(Cl)c2)CC1. The van der Waals surface area contributed by atoms with E-state index in [9.17, 15) is 4.79 Å². The number of aromatic nitrogens is 1. The molecule has 0 radical (unpaired) electrons. The van der Waals surface area contributed by atoms with Crippen molar-refractivity contribution in [2.45, 2.75) is 0 Å². The van der Waals surface area contributed by atoms with Crippen LogP contribution in [0.2, 0.25) is 10.2 Å². The van der Waals surface area contributed by atoms with Crippen LogP contribution in [-0.2, 0) is 0 Å². The summed E-state index contributed by atoms with van der Waals surface area (Å²) in [5.74, 6) is -0.0378. The number of hydrogen-bond donors (Lipinski definition) is 0. The fourth-order valence-corrected chi connectivity index (χ4v) is 2.00. The predicted molar refractivity (Wildman–Crippen MR) is 67.7 cm³/mol. The van der Waals surface area contributed by atoms with Crippen LogP contribution < -0.4 is 0 Å². The van der Waals surface area contributed by atoms with E-state index < -0.39 is 0 Å². The molecule has 0 bridgehead atoms. The van der Waals surface area contributed by atoms with Crippen LogP contribution in [-0.4, -0.2) is 53.9 Å². The van der Waals surface area contributed by atoms with Crippen molar-refractivity contribution in [3.63, 3.8) is 0 Å². The van der Waals surface area contributed by atoms with Gasteiger partial charge >= 0.3 is 0 Å². The lowest BCUT2D eigenvalue weighted by Crippen LogP contribution is -2.47. The molecule has 0 aromatic carbocycles. The Morgan fingerprint density at radius 2 is 1.94 bits per heavy atom. The van der Waals surface area contributed by atoms with E-state index in [4.69, 9.17) is 23.2 Å². The van der Waals surface area contributed by atoms with Crippen LogP contribution in [0.4, 0.5) is 0 Å². The van der Waals surface area contributed by atoms with Crippen LogP contribution in [0.25, 0.3) is 0 Å². The first-order valence-corrected chi connectivity index (χ1v) is 6.12. The van der Waals surface area contributed by atoms with Gasteiger partial charge in [0, 0.05) is 32.4 Å². The second kappa shape index (κ2) is 5.21. The van der Waals surface area contributed by atoms with Gasteiger partial charge in [0.15, 0.2) is 0 Å².